The van der Waals surface area contributed by atoms with Gasteiger partial charge < -0.3 is 14.6 Å². The molecule has 25 heavy (non-hydrogen) atoms. The van der Waals surface area contributed by atoms with E-state index < -0.39 is 11.1 Å². The minimum Gasteiger partial charge on any atom is -0.508 e. The number of phenolic OH excluding ortho intramolecular Hbond substituents is 1. The van der Waals surface area contributed by atoms with Crippen LogP contribution < -0.4 is 14.4 Å². The minimum absolute atomic E-state index is 0.133. The highest BCUT2D eigenvalue weighted by atomic mass is 32.2. The smallest absolute Gasteiger partial charge is 0.298 e. The fourth-order valence-corrected chi connectivity index (χ4v) is 3.20. The third-order valence-corrected chi connectivity index (χ3v) is 4.48. The molecule has 2 aromatic carbocycles. The van der Waals surface area contributed by atoms with Crippen LogP contribution in [0.1, 0.15) is 5.56 Å². The summed E-state index contributed by atoms with van der Waals surface area (Å²) in [5.41, 5.74) is 1.07. The van der Waals surface area contributed by atoms with Crippen LogP contribution in [0.4, 0.5) is 10.5 Å². The van der Waals surface area contributed by atoms with Crippen LogP contribution in [0.15, 0.2) is 47.4 Å². The number of hydrogen-bond acceptors (Lipinski definition) is 6. The van der Waals surface area contributed by atoms with Gasteiger partial charge in [0, 0.05) is 6.07 Å². The largest absolute Gasteiger partial charge is 0.508 e. The zero-order valence-corrected chi connectivity index (χ0v) is 14.4. The molecule has 1 aliphatic heterocycles. The molecule has 1 saturated heterocycles. The number of carbonyl (C=O) groups is 2. The van der Waals surface area contributed by atoms with E-state index >= 15 is 0 Å². The van der Waals surface area contributed by atoms with Crippen molar-refractivity contribution in [2.45, 2.75) is 0 Å². The van der Waals surface area contributed by atoms with E-state index in [1.807, 2.05) is 0 Å². The molecular weight excluding hydrogens is 342 g/mol. The maximum Gasteiger partial charge on any atom is 0.298 e. The van der Waals surface area contributed by atoms with Crippen molar-refractivity contribution in [2.75, 3.05) is 19.1 Å². The number of imide groups is 1. The van der Waals surface area contributed by atoms with Crippen molar-refractivity contribution in [3.05, 3.63) is 52.9 Å². The Kier molecular flexibility index (Phi) is 4.67. The van der Waals surface area contributed by atoms with Gasteiger partial charge in [-0.1, -0.05) is 12.1 Å². The van der Waals surface area contributed by atoms with Crippen molar-refractivity contribution in [1.29, 1.82) is 0 Å². The maximum absolute atomic E-state index is 12.7. The molecule has 7 heteroatoms. The topological polar surface area (TPSA) is 76.1 Å². The van der Waals surface area contributed by atoms with Crippen molar-refractivity contribution >= 4 is 34.7 Å². The van der Waals surface area contributed by atoms with Crippen molar-refractivity contribution in [1.82, 2.24) is 0 Å². The fraction of sp³-hybridized carbons (Fsp3) is 0.111. The predicted molar refractivity (Wildman–Crippen MR) is 96.1 cm³/mol. The number of amides is 2. The summed E-state index contributed by atoms with van der Waals surface area (Å²) in [6.45, 7) is 0. The lowest BCUT2D eigenvalue weighted by atomic mass is 10.2. The first kappa shape index (κ1) is 16.9. The normalized spacial score (nSPS) is 15.8. The van der Waals surface area contributed by atoms with Gasteiger partial charge in [-0.15, -0.1) is 0 Å². The second-order valence-electron chi connectivity index (χ2n) is 5.15. The van der Waals surface area contributed by atoms with E-state index in [4.69, 9.17) is 9.47 Å². The van der Waals surface area contributed by atoms with E-state index in [1.165, 1.54) is 26.4 Å². The molecule has 1 heterocycles. The predicted octanol–water partition coefficient (Wildman–Crippen LogP) is 3.65. The number of thioether (sulfide) groups is 1. The molecule has 1 aliphatic rings. The van der Waals surface area contributed by atoms with Gasteiger partial charge in [0.15, 0.2) is 0 Å². The quantitative estimate of drug-likeness (QED) is 0.842. The van der Waals surface area contributed by atoms with Crippen molar-refractivity contribution < 1.29 is 24.2 Å². The van der Waals surface area contributed by atoms with Gasteiger partial charge in [0.1, 0.15) is 17.2 Å². The second kappa shape index (κ2) is 6.90. The molecule has 0 unspecified atom stereocenters. The molecule has 1 fully saturated rings. The van der Waals surface area contributed by atoms with Crippen LogP contribution in [-0.2, 0) is 4.79 Å². The molecule has 0 radical (unpaired) electrons. The molecule has 128 valence electrons. The maximum atomic E-state index is 12.7. The van der Waals surface area contributed by atoms with Gasteiger partial charge in [-0.05, 0) is 47.7 Å². The number of methoxy groups -OCH3 is 2. The Labute approximate surface area is 148 Å². The Morgan fingerprint density at radius 1 is 1.04 bits per heavy atom. The van der Waals surface area contributed by atoms with Crippen LogP contribution in [0.5, 0.6) is 17.2 Å². The number of benzene rings is 2. The highest BCUT2D eigenvalue weighted by Gasteiger charge is 2.37. The number of phenols is 1. The summed E-state index contributed by atoms with van der Waals surface area (Å²) in [5.74, 6) is 0.638. The Morgan fingerprint density at radius 3 is 2.40 bits per heavy atom. The van der Waals surface area contributed by atoms with Gasteiger partial charge in [-0.3, -0.25) is 9.59 Å². The Balaban J connectivity index is 1.95. The third kappa shape index (κ3) is 3.32. The van der Waals surface area contributed by atoms with Crippen LogP contribution in [0.2, 0.25) is 0 Å². The van der Waals surface area contributed by atoms with Gasteiger partial charge in [0.25, 0.3) is 11.1 Å². The first-order valence-corrected chi connectivity index (χ1v) is 8.14. The van der Waals surface area contributed by atoms with E-state index in [0.717, 1.165) is 16.7 Å². The first-order chi connectivity index (χ1) is 12.0. The Hall–Kier alpha value is -2.93. The number of anilines is 1. The van der Waals surface area contributed by atoms with E-state index in [2.05, 4.69) is 0 Å². The monoisotopic (exact) mass is 357 g/mol. The molecule has 0 saturated carbocycles. The van der Waals surface area contributed by atoms with Gasteiger partial charge in [0.05, 0.1) is 24.8 Å². The molecule has 0 aliphatic carbocycles. The molecule has 2 amide bonds. The molecule has 0 spiro atoms. The first-order valence-electron chi connectivity index (χ1n) is 7.32. The molecule has 0 bridgehead atoms. The zero-order chi connectivity index (χ0) is 18.0. The third-order valence-electron chi connectivity index (χ3n) is 3.61. The fourth-order valence-electron chi connectivity index (χ4n) is 2.37. The lowest BCUT2D eigenvalue weighted by Gasteiger charge is -2.16. The molecule has 1 N–H and O–H groups in total. The van der Waals surface area contributed by atoms with Gasteiger partial charge in [-0.2, -0.15) is 0 Å². The summed E-state index contributed by atoms with van der Waals surface area (Å²) in [6, 6.07) is 11.2. The number of nitrogens with zero attached hydrogens (tertiary/aromatic N) is 1. The standard InChI is InChI=1S/C18H15NO5S/c1-23-13-7-8-14(15(10-13)24-2)19-17(21)16(25-18(19)22)9-11-3-5-12(20)6-4-11/h3-10,20H,1-2H3/b16-9-. The van der Waals surface area contributed by atoms with Crippen molar-refractivity contribution in [3.8, 4) is 17.2 Å². The van der Waals surface area contributed by atoms with Gasteiger partial charge >= 0.3 is 0 Å². The minimum atomic E-state index is -0.424. The molecule has 6 nitrogen and oxygen atoms in total. The van der Waals surface area contributed by atoms with E-state index in [1.54, 1.807) is 36.4 Å². The summed E-state index contributed by atoms with van der Waals surface area (Å²) in [4.78, 5) is 26.4. The molecule has 2 aromatic rings. The number of hydrogen-bond donors (Lipinski definition) is 1. The van der Waals surface area contributed by atoms with Crippen LogP contribution in [0, 0.1) is 0 Å². The summed E-state index contributed by atoms with van der Waals surface area (Å²) in [6.07, 6.45) is 1.61. The van der Waals surface area contributed by atoms with E-state index in [-0.39, 0.29) is 5.75 Å². The van der Waals surface area contributed by atoms with Crippen LogP contribution >= 0.6 is 11.8 Å². The van der Waals surface area contributed by atoms with Crippen LogP contribution in [0.3, 0.4) is 0 Å². The molecule has 0 aromatic heterocycles. The summed E-state index contributed by atoms with van der Waals surface area (Å²) in [7, 11) is 2.98. The van der Waals surface area contributed by atoms with Crippen LogP contribution in [0.25, 0.3) is 6.08 Å². The average molecular weight is 357 g/mol. The lowest BCUT2D eigenvalue weighted by Crippen LogP contribution is -2.28. The van der Waals surface area contributed by atoms with Crippen LogP contribution in [-0.4, -0.2) is 30.5 Å². The second-order valence-corrected chi connectivity index (χ2v) is 6.14. The SMILES string of the molecule is COc1ccc(N2C(=O)S/C(=C\c3ccc(O)cc3)C2=O)c(OC)c1. The number of aromatic hydroxyl groups is 1. The van der Waals surface area contributed by atoms with E-state index in [0.29, 0.717) is 27.7 Å². The highest BCUT2D eigenvalue weighted by Crippen LogP contribution is 2.41. The number of ether oxygens (including phenoxy) is 2. The molecular formula is C18H15NO5S. The summed E-state index contributed by atoms with van der Waals surface area (Å²) >= 11 is 0.854. The Morgan fingerprint density at radius 2 is 1.76 bits per heavy atom. The molecule has 0 atom stereocenters. The average Bonchev–Trinajstić information content (AvgIpc) is 2.90. The Bertz CT molecular complexity index is 860. The van der Waals surface area contributed by atoms with Gasteiger partial charge in [0.2, 0.25) is 0 Å². The number of carbonyl (C=O) groups excluding carboxylic acids is 2. The van der Waals surface area contributed by atoms with E-state index in [9.17, 15) is 14.7 Å². The van der Waals surface area contributed by atoms with Crippen molar-refractivity contribution in [2.24, 2.45) is 0 Å². The molecule has 3 rings (SSSR count). The highest BCUT2D eigenvalue weighted by molar-refractivity contribution is 8.19. The van der Waals surface area contributed by atoms with Gasteiger partial charge in [-0.25, -0.2) is 4.90 Å². The lowest BCUT2D eigenvalue weighted by molar-refractivity contribution is -0.113. The van der Waals surface area contributed by atoms with Crippen molar-refractivity contribution in [3.63, 3.8) is 0 Å². The summed E-state index contributed by atoms with van der Waals surface area (Å²) < 4.78 is 10.4. The summed E-state index contributed by atoms with van der Waals surface area (Å²) in [5, 5.41) is 8.92. The zero-order valence-electron chi connectivity index (χ0n) is 13.6. The number of rotatable bonds is 4.